The van der Waals surface area contributed by atoms with E-state index in [1.54, 1.807) is 12.3 Å². The van der Waals surface area contributed by atoms with E-state index in [9.17, 15) is 9.59 Å². The highest BCUT2D eigenvalue weighted by Gasteiger charge is 2.55. The Kier molecular flexibility index (Phi) is 3.64. The van der Waals surface area contributed by atoms with Crippen molar-refractivity contribution in [3.05, 3.63) is 22.4 Å². The van der Waals surface area contributed by atoms with Crippen molar-refractivity contribution in [1.29, 1.82) is 0 Å². The standard InChI is InChI=1S/C12H15BrN4O4/c1-20-12-3-7(21-10(12)16-11(19)17-12)5-15-9(18)8-2-6(13)4-14-8/h2,4,7,10,14H,3,5H2,1H3,(H,15,18)(H2,16,17,19)/t7-,10?,12?/m1/s1. The highest BCUT2D eigenvalue weighted by molar-refractivity contribution is 9.10. The highest BCUT2D eigenvalue weighted by atomic mass is 79.9. The number of aromatic amines is 1. The molecule has 8 nitrogen and oxygen atoms in total. The number of halogens is 1. The molecule has 2 fully saturated rings. The van der Waals surface area contributed by atoms with E-state index >= 15 is 0 Å². The zero-order valence-corrected chi connectivity index (χ0v) is 12.8. The summed E-state index contributed by atoms with van der Waals surface area (Å²) < 4.78 is 11.9. The fourth-order valence-corrected chi connectivity index (χ4v) is 2.92. The number of carbonyl (C=O) groups is 2. The van der Waals surface area contributed by atoms with Crippen LogP contribution in [0.4, 0.5) is 4.79 Å². The molecule has 0 spiro atoms. The van der Waals surface area contributed by atoms with Gasteiger partial charge in [0.15, 0.2) is 12.0 Å². The van der Waals surface area contributed by atoms with Gasteiger partial charge in [-0.05, 0) is 22.0 Å². The van der Waals surface area contributed by atoms with E-state index in [1.165, 1.54) is 7.11 Å². The number of H-pyrrole nitrogens is 1. The van der Waals surface area contributed by atoms with Gasteiger partial charge in [-0.1, -0.05) is 0 Å². The first-order chi connectivity index (χ1) is 10.0. The predicted molar refractivity (Wildman–Crippen MR) is 75.5 cm³/mol. The van der Waals surface area contributed by atoms with Gasteiger partial charge in [0.05, 0.1) is 6.10 Å². The zero-order valence-electron chi connectivity index (χ0n) is 11.2. The lowest BCUT2D eigenvalue weighted by Gasteiger charge is -2.23. The summed E-state index contributed by atoms with van der Waals surface area (Å²) in [4.78, 5) is 26.1. The van der Waals surface area contributed by atoms with Gasteiger partial charge in [0.1, 0.15) is 5.69 Å². The third-order valence-corrected chi connectivity index (χ3v) is 4.08. The van der Waals surface area contributed by atoms with Crippen molar-refractivity contribution in [2.45, 2.75) is 24.5 Å². The van der Waals surface area contributed by atoms with Gasteiger partial charge in [-0.25, -0.2) is 4.79 Å². The number of hydrogen-bond acceptors (Lipinski definition) is 4. The van der Waals surface area contributed by atoms with E-state index in [-0.39, 0.29) is 18.0 Å². The van der Waals surface area contributed by atoms with Crippen molar-refractivity contribution < 1.29 is 19.1 Å². The quantitative estimate of drug-likeness (QED) is 0.620. The van der Waals surface area contributed by atoms with Crippen LogP contribution in [0.3, 0.4) is 0 Å². The molecule has 2 unspecified atom stereocenters. The molecule has 0 aromatic carbocycles. The molecule has 3 heterocycles. The molecule has 0 saturated carbocycles. The second-order valence-electron chi connectivity index (χ2n) is 4.98. The van der Waals surface area contributed by atoms with Crippen LogP contribution in [0, 0.1) is 0 Å². The summed E-state index contributed by atoms with van der Waals surface area (Å²) in [5, 5.41) is 8.13. The number of amides is 3. The summed E-state index contributed by atoms with van der Waals surface area (Å²) in [6.07, 6.45) is 1.36. The molecule has 4 N–H and O–H groups in total. The Balaban J connectivity index is 1.56. The maximum absolute atomic E-state index is 11.9. The summed E-state index contributed by atoms with van der Waals surface area (Å²) in [5.41, 5.74) is -0.393. The van der Waals surface area contributed by atoms with Crippen LogP contribution in [-0.2, 0) is 9.47 Å². The maximum atomic E-state index is 11.9. The molecule has 1 aromatic heterocycles. The third kappa shape index (κ3) is 2.63. The molecular formula is C12H15BrN4O4. The number of rotatable bonds is 4. The third-order valence-electron chi connectivity index (χ3n) is 3.62. The van der Waals surface area contributed by atoms with Crippen LogP contribution in [0.2, 0.25) is 0 Å². The molecular weight excluding hydrogens is 344 g/mol. The number of nitrogens with one attached hydrogen (secondary N) is 4. The Hall–Kier alpha value is -1.58. The maximum Gasteiger partial charge on any atom is 0.319 e. The normalized spacial score (nSPS) is 30.7. The van der Waals surface area contributed by atoms with Gasteiger partial charge < -0.3 is 30.4 Å². The number of fused-ring (bicyclic) bond motifs is 1. The van der Waals surface area contributed by atoms with Gasteiger partial charge in [-0.2, -0.15) is 0 Å². The topological polar surface area (TPSA) is 104 Å². The number of methoxy groups -OCH3 is 1. The fourth-order valence-electron chi connectivity index (χ4n) is 2.57. The van der Waals surface area contributed by atoms with Crippen molar-refractivity contribution in [2.24, 2.45) is 0 Å². The second kappa shape index (κ2) is 5.32. The lowest BCUT2D eigenvalue weighted by atomic mass is 10.1. The number of ether oxygens (including phenoxy) is 2. The molecule has 0 aliphatic carbocycles. The lowest BCUT2D eigenvalue weighted by molar-refractivity contribution is -0.0723. The van der Waals surface area contributed by atoms with Crippen LogP contribution in [0.15, 0.2) is 16.7 Å². The Labute approximate surface area is 129 Å². The van der Waals surface area contributed by atoms with E-state index in [1.807, 2.05) is 0 Å². The number of urea groups is 1. The smallest absolute Gasteiger partial charge is 0.319 e. The molecule has 3 atom stereocenters. The molecule has 114 valence electrons. The minimum Gasteiger partial charge on any atom is -0.356 e. The van der Waals surface area contributed by atoms with E-state index < -0.39 is 12.0 Å². The Morgan fingerprint density at radius 1 is 1.67 bits per heavy atom. The molecule has 9 heteroatoms. The van der Waals surface area contributed by atoms with Gasteiger partial charge >= 0.3 is 6.03 Å². The summed E-state index contributed by atoms with van der Waals surface area (Å²) in [5.74, 6) is -0.218. The monoisotopic (exact) mass is 358 g/mol. The number of hydrogen-bond donors (Lipinski definition) is 4. The Bertz CT molecular complexity index is 577. The summed E-state index contributed by atoms with van der Waals surface area (Å²) >= 11 is 3.27. The van der Waals surface area contributed by atoms with Crippen LogP contribution in [0.5, 0.6) is 0 Å². The van der Waals surface area contributed by atoms with E-state index in [4.69, 9.17) is 9.47 Å². The minimum absolute atomic E-state index is 0.218. The molecule has 21 heavy (non-hydrogen) atoms. The van der Waals surface area contributed by atoms with Crippen molar-refractivity contribution >= 4 is 27.9 Å². The van der Waals surface area contributed by atoms with E-state index in [2.05, 4.69) is 36.9 Å². The zero-order chi connectivity index (χ0) is 15.0. The van der Waals surface area contributed by atoms with Crippen molar-refractivity contribution in [2.75, 3.05) is 13.7 Å². The first kappa shape index (κ1) is 14.4. The van der Waals surface area contributed by atoms with Crippen LogP contribution in [0.25, 0.3) is 0 Å². The molecule has 2 aliphatic rings. The molecule has 3 amide bonds. The number of aromatic nitrogens is 1. The van der Waals surface area contributed by atoms with Crippen molar-refractivity contribution in [3.63, 3.8) is 0 Å². The molecule has 2 saturated heterocycles. The SMILES string of the molecule is COC12C[C@H](CNC(=O)c3cc(Br)c[nH]3)OC1NC(=O)N2. The van der Waals surface area contributed by atoms with Crippen molar-refractivity contribution in [3.8, 4) is 0 Å². The first-order valence-corrected chi connectivity index (χ1v) is 7.23. The van der Waals surface area contributed by atoms with Crippen LogP contribution >= 0.6 is 15.9 Å². The summed E-state index contributed by atoms with van der Waals surface area (Å²) in [7, 11) is 1.51. The number of carbonyl (C=O) groups excluding carboxylic acids is 2. The lowest BCUT2D eigenvalue weighted by Crippen LogP contribution is -2.48. The van der Waals surface area contributed by atoms with Gasteiger partial charge in [0.2, 0.25) is 0 Å². The van der Waals surface area contributed by atoms with Crippen LogP contribution < -0.4 is 16.0 Å². The second-order valence-corrected chi connectivity index (χ2v) is 5.89. The van der Waals surface area contributed by atoms with Gasteiger partial charge in [-0.15, -0.1) is 0 Å². The molecule has 2 aliphatic heterocycles. The average molecular weight is 359 g/mol. The highest BCUT2D eigenvalue weighted by Crippen LogP contribution is 2.32. The van der Waals surface area contributed by atoms with Gasteiger partial charge in [0, 0.05) is 30.7 Å². The van der Waals surface area contributed by atoms with E-state index in [0.717, 1.165) is 4.47 Å². The summed E-state index contributed by atoms with van der Waals surface area (Å²) in [6.45, 7) is 0.328. The van der Waals surface area contributed by atoms with Crippen LogP contribution in [-0.4, -0.2) is 48.6 Å². The molecule has 0 bridgehead atoms. The summed E-state index contributed by atoms with van der Waals surface area (Å²) in [6, 6.07) is 1.37. The average Bonchev–Trinajstić information content (AvgIpc) is 3.08. The molecule has 1 aromatic rings. The molecule has 3 rings (SSSR count). The predicted octanol–water partition coefficient (Wildman–Crippen LogP) is 0.277. The van der Waals surface area contributed by atoms with Crippen molar-refractivity contribution in [1.82, 2.24) is 20.9 Å². The van der Waals surface area contributed by atoms with Gasteiger partial charge in [-0.3, -0.25) is 4.79 Å². The fraction of sp³-hybridized carbons (Fsp3) is 0.500. The molecule has 0 radical (unpaired) electrons. The Morgan fingerprint density at radius 3 is 3.10 bits per heavy atom. The van der Waals surface area contributed by atoms with Gasteiger partial charge in [0.25, 0.3) is 5.91 Å². The van der Waals surface area contributed by atoms with Crippen LogP contribution in [0.1, 0.15) is 16.9 Å². The first-order valence-electron chi connectivity index (χ1n) is 6.44. The Morgan fingerprint density at radius 2 is 2.48 bits per heavy atom. The largest absolute Gasteiger partial charge is 0.356 e. The van der Waals surface area contributed by atoms with E-state index in [0.29, 0.717) is 18.7 Å². The minimum atomic E-state index is -0.859.